The molecule has 2 aliphatic heterocycles. The number of oxazole rings is 1. The third kappa shape index (κ3) is 1.95. The van der Waals surface area contributed by atoms with Gasteiger partial charge in [0.25, 0.3) is 6.01 Å². The molecule has 1 aromatic rings. The first kappa shape index (κ1) is 11.5. The first-order valence-electron chi connectivity index (χ1n) is 5.90. The second kappa shape index (κ2) is 4.25. The van der Waals surface area contributed by atoms with Crippen LogP contribution in [0.1, 0.15) is 23.3 Å². The van der Waals surface area contributed by atoms with Crippen molar-refractivity contribution < 1.29 is 23.8 Å². The Bertz CT molecular complexity index is 442. The topological polar surface area (TPSA) is 85.0 Å². The quantitative estimate of drug-likeness (QED) is 0.832. The second-order valence-electron chi connectivity index (χ2n) is 4.42. The summed E-state index contributed by atoms with van der Waals surface area (Å²) in [6.45, 7) is 2.64. The van der Waals surface area contributed by atoms with Gasteiger partial charge in [-0.3, -0.25) is 0 Å². The van der Waals surface area contributed by atoms with Gasteiger partial charge < -0.3 is 23.9 Å². The van der Waals surface area contributed by atoms with Crippen LogP contribution in [0.25, 0.3) is 0 Å². The Morgan fingerprint density at radius 3 is 2.56 bits per heavy atom. The zero-order valence-electron chi connectivity index (χ0n) is 9.79. The number of rotatable bonds is 2. The number of piperidine rings is 1. The standard InChI is InChI=1S/C11H14N2O5/c14-9(15)8-7-16-10(12-8)13-3-1-11(2-4-13)17-5-6-18-11/h7H,1-6H2,(H,14,15). The molecular weight excluding hydrogens is 240 g/mol. The molecule has 0 aliphatic carbocycles. The summed E-state index contributed by atoms with van der Waals surface area (Å²) in [7, 11) is 0. The van der Waals surface area contributed by atoms with Gasteiger partial charge in [-0.1, -0.05) is 0 Å². The van der Waals surface area contributed by atoms with Crippen molar-refractivity contribution in [2.24, 2.45) is 0 Å². The van der Waals surface area contributed by atoms with Crippen LogP contribution in [0.4, 0.5) is 6.01 Å². The van der Waals surface area contributed by atoms with E-state index in [0.717, 1.165) is 19.1 Å². The summed E-state index contributed by atoms with van der Waals surface area (Å²) in [6, 6.07) is 0.347. The highest BCUT2D eigenvalue weighted by molar-refractivity contribution is 5.85. The van der Waals surface area contributed by atoms with Crippen molar-refractivity contribution in [3.63, 3.8) is 0 Å². The van der Waals surface area contributed by atoms with Crippen LogP contribution in [0.3, 0.4) is 0 Å². The molecule has 0 amide bonds. The summed E-state index contributed by atoms with van der Waals surface area (Å²) in [5.41, 5.74) is -0.0707. The molecule has 0 bridgehead atoms. The number of hydrogen-bond donors (Lipinski definition) is 1. The van der Waals surface area contributed by atoms with Crippen LogP contribution in [0.2, 0.25) is 0 Å². The van der Waals surface area contributed by atoms with Gasteiger partial charge >= 0.3 is 5.97 Å². The van der Waals surface area contributed by atoms with Gasteiger partial charge in [-0.25, -0.2) is 4.79 Å². The maximum Gasteiger partial charge on any atom is 0.357 e. The fraction of sp³-hybridized carbons (Fsp3) is 0.636. The number of aromatic carboxylic acids is 1. The molecule has 7 nitrogen and oxygen atoms in total. The van der Waals surface area contributed by atoms with E-state index in [9.17, 15) is 4.79 Å². The van der Waals surface area contributed by atoms with E-state index >= 15 is 0 Å². The number of carboxylic acids is 1. The van der Waals surface area contributed by atoms with Crippen molar-refractivity contribution in [1.82, 2.24) is 4.98 Å². The second-order valence-corrected chi connectivity index (χ2v) is 4.42. The van der Waals surface area contributed by atoms with Gasteiger partial charge in [0.15, 0.2) is 11.5 Å². The van der Waals surface area contributed by atoms with Crippen LogP contribution < -0.4 is 4.90 Å². The molecular formula is C11H14N2O5. The minimum atomic E-state index is -1.08. The fourth-order valence-corrected chi connectivity index (χ4v) is 2.33. The van der Waals surface area contributed by atoms with E-state index in [1.165, 1.54) is 0 Å². The predicted octanol–water partition coefficient (Wildman–Crippen LogP) is 0.716. The summed E-state index contributed by atoms with van der Waals surface area (Å²) in [5.74, 6) is -1.53. The number of ether oxygens (including phenoxy) is 2. The zero-order valence-corrected chi connectivity index (χ0v) is 9.79. The number of carboxylic acid groups (broad SMARTS) is 1. The van der Waals surface area contributed by atoms with E-state index in [4.69, 9.17) is 19.0 Å². The van der Waals surface area contributed by atoms with E-state index in [0.29, 0.717) is 32.3 Å². The molecule has 2 fully saturated rings. The highest BCUT2D eigenvalue weighted by Gasteiger charge is 2.40. The molecule has 3 rings (SSSR count). The lowest BCUT2D eigenvalue weighted by molar-refractivity contribution is -0.169. The summed E-state index contributed by atoms with van der Waals surface area (Å²) in [5, 5.41) is 8.78. The maximum absolute atomic E-state index is 10.7. The van der Waals surface area contributed by atoms with Gasteiger partial charge in [0, 0.05) is 25.9 Å². The van der Waals surface area contributed by atoms with Crippen LogP contribution in [0, 0.1) is 0 Å². The first-order chi connectivity index (χ1) is 8.69. The van der Waals surface area contributed by atoms with Crippen molar-refractivity contribution in [3.8, 4) is 0 Å². The van der Waals surface area contributed by atoms with Gasteiger partial charge in [-0.2, -0.15) is 4.98 Å². The highest BCUT2D eigenvalue weighted by atomic mass is 16.7. The Labute approximate surface area is 103 Å². The molecule has 1 aromatic heterocycles. The Balaban J connectivity index is 1.66. The Kier molecular flexibility index (Phi) is 2.71. The van der Waals surface area contributed by atoms with Gasteiger partial charge in [-0.05, 0) is 0 Å². The number of nitrogens with zero attached hydrogens (tertiary/aromatic N) is 2. The number of aromatic nitrogens is 1. The normalized spacial score (nSPS) is 22.6. The zero-order chi connectivity index (χ0) is 12.6. The van der Waals surface area contributed by atoms with E-state index in [1.54, 1.807) is 0 Å². The molecule has 7 heteroatoms. The third-order valence-electron chi connectivity index (χ3n) is 3.32. The van der Waals surface area contributed by atoms with Crippen molar-refractivity contribution in [2.75, 3.05) is 31.2 Å². The SMILES string of the molecule is O=C(O)c1coc(N2CCC3(CC2)OCCO3)n1. The van der Waals surface area contributed by atoms with E-state index < -0.39 is 11.8 Å². The van der Waals surface area contributed by atoms with Crippen LogP contribution in [0.15, 0.2) is 10.7 Å². The van der Waals surface area contributed by atoms with E-state index in [-0.39, 0.29) is 5.69 Å². The smallest absolute Gasteiger partial charge is 0.357 e. The van der Waals surface area contributed by atoms with E-state index in [1.807, 2.05) is 4.90 Å². The summed E-state index contributed by atoms with van der Waals surface area (Å²) in [4.78, 5) is 16.6. The Morgan fingerprint density at radius 1 is 1.33 bits per heavy atom. The highest BCUT2D eigenvalue weighted by Crippen LogP contribution is 2.32. The lowest BCUT2D eigenvalue weighted by Crippen LogP contribution is -2.45. The van der Waals surface area contributed by atoms with Gasteiger partial charge in [0.05, 0.1) is 13.2 Å². The largest absolute Gasteiger partial charge is 0.476 e. The summed E-state index contributed by atoms with van der Waals surface area (Å²) >= 11 is 0. The van der Waals surface area contributed by atoms with Gasteiger partial charge in [-0.15, -0.1) is 0 Å². The minimum Gasteiger partial charge on any atom is -0.476 e. The average Bonchev–Trinajstić information content (AvgIpc) is 3.00. The number of carbonyl (C=O) groups is 1. The Hall–Kier alpha value is -1.60. The first-order valence-corrected chi connectivity index (χ1v) is 5.90. The molecule has 1 N–H and O–H groups in total. The molecule has 0 aromatic carbocycles. The summed E-state index contributed by atoms with van der Waals surface area (Å²) in [6.07, 6.45) is 2.63. The third-order valence-corrected chi connectivity index (χ3v) is 3.32. The van der Waals surface area contributed by atoms with Gasteiger partial charge in [0.2, 0.25) is 0 Å². The monoisotopic (exact) mass is 254 g/mol. The molecule has 0 saturated carbocycles. The molecule has 98 valence electrons. The molecule has 3 heterocycles. The lowest BCUT2D eigenvalue weighted by atomic mass is 10.0. The van der Waals surface area contributed by atoms with Crippen molar-refractivity contribution in [3.05, 3.63) is 12.0 Å². The molecule has 0 unspecified atom stereocenters. The number of anilines is 1. The molecule has 1 spiro atoms. The molecule has 18 heavy (non-hydrogen) atoms. The average molecular weight is 254 g/mol. The number of hydrogen-bond acceptors (Lipinski definition) is 6. The minimum absolute atomic E-state index is 0.0707. The molecule has 0 atom stereocenters. The predicted molar refractivity (Wildman–Crippen MR) is 59.5 cm³/mol. The lowest BCUT2D eigenvalue weighted by Gasteiger charge is -2.36. The van der Waals surface area contributed by atoms with Crippen molar-refractivity contribution in [1.29, 1.82) is 0 Å². The molecule has 2 aliphatic rings. The molecule has 0 radical (unpaired) electrons. The van der Waals surface area contributed by atoms with Crippen LogP contribution in [0.5, 0.6) is 0 Å². The van der Waals surface area contributed by atoms with E-state index in [2.05, 4.69) is 4.98 Å². The van der Waals surface area contributed by atoms with Crippen molar-refractivity contribution >= 4 is 12.0 Å². The fourth-order valence-electron chi connectivity index (χ4n) is 2.33. The van der Waals surface area contributed by atoms with Gasteiger partial charge in [0.1, 0.15) is 6.26 Å². The van der Waals surface area contributed by atoms with Crippen LogP contribution in [-0.2, 0) is 9.47 Å². The van der Waals surface area contributed by atoms with Crippen molar-refractivity contribution in [2.45, 2.75) is 18.6 Å². The Morgan fingerprint density at radius 2 is 2.00 bits per heavy atom. The van der Waals surface area contributed by atoms with Crippen LogP contribution in [-0.4, -0.2) is 48.2 Å². The maximum atomic E-state index is 10.7. The van der Waals surface area contributed by atoms with Crippen LogP contribution >= 0.6 is 0 Å². The summed E-state index contributed by atoms with van der Waals surface area (Å²) < 4.78 is 16.4. The molecule has 2 saturated heterocycles.